The van der Waals surface area contributed by atoms with Crippen LogP contribution >= 0.6 is 0 Å². The molecule has 3 fully saturated rings. The monoisotopic (exact) mass is 430 g/mol. The lowest BCUT2D eigenvalue weighted by atomic mass is 10.2. The molecule has 5 heterocycles. The number of hydrogen-bond acceptors (Lipinski definition) is 9. The molecule has 3 saturated heterocycles. The number of hydrogen-bond donors (Lipinski definition) is 2. The fourth-order valence-electron chi connectivity index (χ4n) is 4.35. The molecule has 3 aliphatic rings. The molecular formula is C20H30N8O3. The number of nitrogens with zero attached hydrogens (tertiary/aromatic N) is 6. The van der Waals surface area contributed by atoms with Crippen LogP contribution in [0.2, 0.25) is 0 Å². The first-order chi connectivity index (χ1) is 15.3. The molecule has 168 valence electrons. The molecule has 1 atom stereocenters. The summed E-state index contributed by atoms with van der Waals surface area (Å²) in [5.41, 5.74) is 1.47. The van der Waals surface area contributed by atoms with Crippen LogP contribution in [-0.2, 0) is 14.3 Å². The average molecular weight is 431 g/mol. The zero-order valence-electron chi connectivity index (χ0n) is 17.8. The second kappa shape index (κ2) is 9.33. The van der Waals surface area contributed by atoms with Crippen molar-refractivity contribution >= 4 is 28.8 Å². The van der Waals surface area contributed by atoms with Gasteiger partial charge in [0.05, 0.1) is 19.5 Å². The topological polar surface area (TPSA) is 112 Å². The van der Waals surface area contributed by atoms with E-state index in [0.29, 0.717) is 44.4 Å². The Morgan fingerprint density at radius 3 is 2.74 bits per heavy atom. The van der Waals surface area contributed by atoms with Gasteiger partial charge in [0, 0.05) is 59.0 Å². The van der Waals surface area contributed by atoms with Crippen LogP contribution in [0.5, 0.6) is 0 Å². The van der Waals surface area contributed by atoms with Crippen molar-refractivity contribution in [1.82, 2.24) is 29.7 Å². The van der Waals surface area contributed by atoms with Gasteiger partial charge in [0.15, 0.2) is 11.5 Å². The van der Waals surface area contributed by atoms with Crippen LogP contribution in [0.1, 0.15) is 12.8 Å². The van der Waals surface area contributed by atoms with E-state index < -0.39 is 0 Å². The summed E-state index contributed by atoms with van der Waals surface area (Å²) < 4.78 is 11.0. The van der Waals surface area contributed by atoms with Crippen molar-refractivity contribution < 1.29 is 14.3 Å². The Bertz CT molecular complexity index is 886. The predicted molar refractivity (Wildman–Crippen MR) is 115 cm³/mol. The Morgan fingerprint density at radius 1 is 1.13 bits per heavy atom. The van der Waals surface area contributed by atoms with Crippen molar-refractivity contribution in [1.29, 1.82) is 0 Å². The summed E-state index contributed by atoms with van der Waals surface area (Å²) in [6.45, 7) is 8.62. The van der Waals surface area contributed by atoms with Crippen LogP contribution in [0.15, 0.2) is 6.33 Å². The van der Waals surface area contributed by atoms with Gasteiger partial charge in [0.1, 0.15) is 11.6 Å². The van der Waals surface area contributed by atoms with E-state index in [-0.39, 0.29) is 12.0 Å². The summed E-state index contributed by atoms with van der Waals surface area (Å²) in [5.74, 6) is 1.53. The Kier molecular flexibility index (Phi) is 6.14. The molecule has 31 heavy (non-hydrogen) atoms. The van der Waals surface area contributed by atoms with Crippen LogP contribution in [0.4, 0.5) is 11.8 Å². The van der Waals surface area contributed by atoms with Gasteiger partial charge < -0.3 is 29.6 Å². The lowest BCUT2D eigenvalue weighted by Gasteiger charge is -2.35. The largest absolute Gasteiger partial charge is 0.379 e. The number of aromatic nitrogens is 4. The van der Waals surface area contributed by atoms with Gasteiger partial charge >= 0.3 is 0 Å². The van der Waals surface area contributed by atoms with Crippen LogP contribution in [0, 0.1) is 0 Å². The lowest BCUT2D eigenvalue weighted by Crippen LogP contribution is -2.51. The van der Waals surface area contributed by atoms with Gasteiger partial charge in [0.25, 0.3) is 5.91 Å². The first-order valence-corrected chi connectivity index (χ1v) is 11.2. The number of fused-ring (bicyclic) bond motifs is 1. The number of morpholine rings is 1. The molecule has 1 amide bonds. The van der Waals surface area contributed by atoms with Gasteiger partial charge in [-0.15, -0.1) is 0 Å². The van der Waals surface area contributed by atoms with Gasteiger partial charge in [-0.05, 0) is 12.8 Å². The van der Waals surface area contributed by atoms with Gasteiger partial charge in [0.2, 0.25) is 5.95 Å². The van der Waals surface area contributed by atoms with Crippen molar-refractivity contribution in [3.05, 3.63) is 6.33 Å². The molecule has 3 aliphatic heterocycles. The number of amides is 1. The van der Waals surface area contributed by atoms with Crippen LogP contribution < -0.4 is 10.2 Å². The predicted octanol–water partition coefficient (Wildman–Crippen LogP) is -0.0754. The highest BCUT2D eigenvalue weighted by molar-refractivity contribution is 5.84. The summed E-state index contributed by atoms with van der Waals surface area (Å²) in [6, 6.07) is 0. The second-order valence-corrected chi connectivity index (χ2v) is 8.17. The average Bonchev–Trinajstić information content (AvgIpc) is 3.52. The normalized spacial score (nSPS) is 22.9. The van der Waals surface area contributed by atoms with E-state index in [1.165, 1.54) is 0 Å². The molecule has 5 rings (SSSR count). The zero-order chi connectivity index (χ0) is 21.0. The number of anilines is 2. The van der Waals surface area contributed by atoms with E-state index in [9.17, 15) is 4.79 Å². The molecule has 11 nitrogen and oxygen atoms in total. The zero-order valence-corrected chi connectivity index (χ0v) is 17.8. The molecule has 0 saturated carbocycles. The summed E-state index contributed by atoms with van der Waals surface area (Å²) in [6.07, 6.45) is 3.19. The van der Waals surface area contributed by atoms with E-state index in [2.05, 4.69) is 30.1 Å². The maximum Gasteiger partial charge on any atom is 0.251 e. The Balaban J connectivity index is 1.22. The third-order valence-corrected chi connectivity index (χ3v) is 6.18. The Hall–Kier alpha value is -2.50. The smallest absolute Gasteiger partial charge is 0.251 e. The number of carbonyl (C=O) groups excluding carboxylic acids is 1. The van der Waals surface area contributed by atoms with Crippen molar-refractivity contribution in [2.24, 2.45) is 0 Å². The Labute approximate surface area is 181 Å². The van der Waals surface area contributed by atoms with E-state index in [1.54, 1.807) is 6.33 Å². The SMILES string of the molecule is O=C(C1CCCO1)N1CCN(c2nc(NCCN3CCOCC3)c3[nH]cnc3n2)CC1. The standard InChI is InChI=1S/C20H30N8O3/c29-19(15-2-1-11-31-15)27-5-7-28(8-6-27)20-24-17(16-18(25-20)23-14-22-16)21-3-4-26-9-12-30-13-10-26/h14-15H,1-13H2,(H2,21,22,23,24,25). The molecule has 1 unspecified atom stereocenters. The van der Waals surface area contributed by atoms with Crippen molar-refractivity contribution in [3.8, 4) is 0 Å². The van der Waals surface area contributed by atoms with Gasteiger partial charge in [-0.2, -0.15) is 9.97 Å². The summed E-state index contributed by atoms with van der Waals surface area (Å²) in [4.78, 5) is 35.9. The quantitative estimate of drug-likeness (QED) is 0.650. The number of piperazine rings is 1. The number of H-pyrrole nitrogens is 1. The number of rotatable bonds is 6. The van der Waals surface area contributed by atoms with E-state index in [0.717, 1.165) is 63.6 Å². The van der Waals surface area contributed by atoms with E-state index in [4.69, 9.17) is 14.5 Å². The van der Waals surface area contributed by atoms with Gasteiger partial charge in [-0.3, -0.25) is 9.69 Å². The molecule has 2 aromatic heterocycles. The number of nitrogens with one attached hydrogen (secondary N) is 2. The third kappa shape index (κ3) is 4.58. The maximum atomic E-state index is 12.6. The first-order valence-electron chi connectivity index (χ1n) is 11.2. The first kappa shape index (κ1) is 20.4. The van der Waals surface area contributed by atoms with Crippen LogP contribution in [-0.4, -0.2) is 114 Å². The summed E-state index contributed by atoms with van der Waals surface area (Å²) >= 11 is 0. The highest BCUT2D eigenvalue weighted by Gasteiger charge is 2.31. The molecule has 0 aromatic carbocycles. The molecule has 0 aliphatic carbocycles. The number of carbonyl (C=O) groups is 1. The minimum absolute atomic E-state index is 0.117. The molecule has 0 spiro atoms. The molecule has 2 N–H and O–H groups in total. The van der Waals surface area contributed by atoms with E-state index >= 15 is 0 Å². The van der Waals surface area contributed by atoms with Gasteiger partial charge in [-0.25, -0.2) is 4.98 Å². The molecule has 0 radical (unpaired) electrons. The Morgan fingerprint density at radius 2 is 1.97 bits per heavy atom. The van der Waals surface area contributed by atoms with Crippen LogP contribution in [0.3, 0.4) is 0 Å². The minimum Gasteiger partial charge on any atom is -0.379 e. The highest BCUT2D eigenvalue weighted by Crippen LogP contribution is 2.22. The molecule has 0 bridgehead atoms. The van der Waals surface area contributed by atoms with Crippen molar-refractivity contribution in [3.63, 3.8) is 0 Å². The number of ether oxygens (including phenoxy) is 2. The molecule has 2 aromatic rings. The van der Waals surface area contributed by atoms with Crippen molar-refractivity contribution in [2.75, 3.05) is 82.4 Å². The number of imidazole rings is 1. The fraction of sp³-hybridized carbons (Fsp3) is 0.700. The van der Waals surface area contributed by atoms with Crippen molar-refractivity contribution in [2.45, 2.75) is 18.9 Å². The third-order valence-electron chi connectivity index (χ3n) is 6.18. The maximum absolute atomic E-state index is 12.6. The number of aromatic amines is 1. The molecular weight excluding hydrogens is 400 g/mol. The summed E-state index contributed by atoms with van der Waals surface area (Å²) in [7, 11) is 0. The van der Waals surface area contributed by atoms with E-state index in [1.807, 2.05) is 4.90 Å². The lowest BCUT2D eigenvalue weighted by molar-refractivity contribution is -0.141. The summed E-state index contributed by atoms with van der Waals surface area (Å²) in [5, 5.41) is 3.45. The minimum atomic E-state index is -0.259. The highest BCUT2D eigenvalue weighted by atomic mass is 16.5. The van der Waals surface area contributed by atoms with Crippen LogP contribution in [0.25, 0.3) is 11.2 Å². The van der Waals surface area contributed by atoms with Gasteiger partial charge in [-0.1, -0.05) is 0 Å². The second-order valence-electron chi connectivity index (χ2n) is 8.17. The fourth-order valence-corrected chi connectivity index (χ4v) is 4.35. The molecule has 11 heteroatoms.